The van der Waals surface area contributed by atoms with Crippen LogP contribution in [0, 0.1) is 12.8 Å². The predicted molar refractivity (Wildman–Crippen MR) is 70.2 cm³/mol. The highest BCUT2D eigenvalue weighted by Crippen LogP contribution is 2.35. The Hall–Kier alpha value is -0.130. The molecule has 90 valence electrons. The second kappa shape index (κ2) is 5.98. The molecule has 0 bridgehead atoms. The van der Waals surface area contributed by atoms with Crippen LogP contribution in [0.25, 0.3) is 0 Å². The van der Waals surface area contributed by atoms with Crippen LogP contribution in [0.15, 0.2) is 4.34 Å². The summed E-state index contributed by atoms with van der Waals surface area (Å²) in [5, 5.41) is 12.9. The fraction of sp³-hybridized carbons (Fsp3) is 0.818. The molecule has 0 aromatic carbocycles. The van der Waals surface area contributed by atoms with E-state index in [1.54, 1.807) is 11.3 Å². The Morgan fingerprint density at radius 3 is 2.88 bits per heavy atom. The van der Waals surface area contributed by atoms with Crippen molar-refractivity contribution in [2.75, 3.05) is 12.3 Å². The molecule has 1 saturated carbocycles. The molecule has 1 aromatic heterocycles. The van der Waals surface area contributed by atoms with Gasteiger partial charge in [0.15, 0.2) is 4.34 Å². The molecule has 0 amide bonds. The normalized spacial score (nSPS) is 17.6. The van der Waals surface area contributed by atoms with Crippen molar-refractivity contribution in [1.82, 2.24) is 15.5 Å². The zero-order chi connectivity index (χ0) is 11.4. The van der Waals surface area contributed by atoms with E-state index in [0.29, 0.717) is 6.04 Å². The molecule has 1 heterocycles. The van der Waals surface area contributed by atoms with Gasteiger partial charge in [0.1, 0.15) is 5.01 Å². The van der Waals surface area contributed by atoms with Crippen LogP contribution >= 0.6 is 23.1 Å². The number of hydrogen-bond acceptors (Lipinski definition) is 5. The summed E-state index contributed by atoms with van der Waals surface area (Å²) >= 11 is 3.55. The van der Waals surface area contributed by atoms with Crippen LogP contribution in [0.3, 0.4) is 0 Å². The Kier molecular flexibility index (Phi) is 4.61. The summed E-state index contributed by atoms with van der Waals surface area (Å²) in [4.78, 5) is 0. The number of thioether (sulfide) groups is 1. The number of aryl methyl sites for hydroxylation is 1. The van der Waals surface area contributed by atoms with E-state index in [9.17, 15) is 0 Å². The lowest BCUT2D eigenvalue weighted by atomic mass is 10.2. The third kappa shape index (κ3) is 3.71. The molecule has 1 aliphatic carbocycles. The minimum atomic E-state index is 0.675. The lowest BCUT2D eigenvalue weighted by molar-refractivity contribution is 0.503. The van der Waals surface area contributed by atoms with Crippen LogP contribution in [0.2, 0.25) is 0 Å². The number of nitrogens with one attached hydrogen (secondary N) is 1. The molecule has 0 spiro atoms. The Labute approximate surface area is 105 Å². The smallest absolute Gasteiger partial charge is 0.174 e. The first-order valence-corrected chi connectivity index (χ1v) is 7.76. The van der Waals surface area contributed by atoms with Crippen molar-refractivity contribution < 1.29 is 0 Å². The Balaban J connectivity index is 1.77. The van der Waals surface area contributed by atoms with Gasteiger partial charge in [-0.2, -0.15) is 0 Å². The molecule has 3 nitrogen and oxygen atoms in total. The summed E-state index contributed by atoms with van der Waals surface area (Å²) < 4.78 is 1.11. The Morgan fingerprint density at radius 1 is 1.50 bits per heavy atom. The number of rotatable bonds is 7. The highest BCUT2D eigenvalue weighted by molar-refractivity contribution is 8.01. The minimum absolute atomic E-state index is 0.675. The average molecular weight is 257 g/mol. The Bertz CT molecular complexity index is 323. The quantitative estimate of drug-likeness (QED) is 0.762. The van der Waals surface area contributed by atoms with Crippen LogP contribution in [-0.2, 0) is 0 Å². The summed E-state index contributed by atoms with van der Waals surface area (Å²) in [6.07, 6.45) is 4.01. The van der Waals surface area contributed by atoms with Crippen molar-refractivity contribution >= 4 is 23.1 Å². The molecule has 1 aromatic rings. The number of aromatic nitrogens is 2. The summed E-state index contributed by atoms with van der Waals surface area (Å²) in [5.74, 6) is 2.05. The maximum atomic E-state index is 4.15. The van der Waals surface area contributed by atoms with Gasteiger partial charge in [-0.3, -0.25) is 0 Å². The lowest BCUT2D eigenvalue weighted by Crippen LogP contribution is -2.33. The van der Waals surface area contributed by atoms with E-state index in [2.05, 4.69) is 22.4 Å². The van der Waals surface area contributed by atoms with Gasteiger partial charge in [0.2, 0.25) is 0 Å². The van der Waals surface area contributed by atoms with Gasteiger partial charge >= 0.3 is 0 Å². The van der Waals surface area contributed by atoms with Crippen LogP contribution in [0.4, 0.5) is 0 Å². The third-order valence-corrected chi connectivity index (χ3v) is 4.83. The van der Waals surface area contributed by atoms with Gasteiger partial charge in [-0.1, -0.05) is 30.0 Å². The number of nitrogens with zero attached hydrogens (tertiary/aromatic N) is 2. The maximum absolute atomic E-state index is 4.15. The van der Waals surface area contributed by atoms with Crippen molar-refractivity contribution in [1.29, 1.82) is 0 Å². The molecule has 0 aliphatic heterocycles. The van der Waals surface area contributed by atoms with Crippen LogP contribution in [-0.4, -0.2) is 28.5 Å². The third-order valence-electron chi connectivity index (χ3n) is 2.74. The van der Waals surface area contributed by atoms with Crippen molar-refractivity contribution in [2.24, 2.45) is 5.92 Å². The highest BCUT2D eigenvalue weighted by Gasteiger charge is 2.30. The van der Waals surface area contributed by atoms with Gasteiger partial charge in [0, 0.05) is 11.8 Å². The van der Waals surface area contributed by atoms with E-state index in [4.69, 9.17) is 0 Å². The van der Waals surface area contributed by atoms with E-state index in [1.807, 2.05) is 18.7 Å². The van der Waals surface area contributed by atoms with Crippen molar-refractivity contribution in [3.63, 3.8) is 0 Å². The van der Waals surface area contributed by atoms with E-state index >= 15 is 0 Å². The predicted octanol–water partition coefficient (Wildman–Crippen LogP) is 2.72. The van der Waals surface area contributed by atoms with Gasteiger partial charge in [0.05, 0.1) is 0 Å². The second-order valence-electron chi connectivity index (χ2n) is 4.30. The van der Waals surface area contributed by atoms with Crippen LogP contribution in [0.1, 0.15) is 31.2 Å². The maximum Gasteiger partial charge on any atom is 0.174 e. The first kappa shape index (κ1) is 12.3. The summed E-state index contributed by atoms with van der Waals surface area (Å²) in [7, 11) is 0. The molecule has 0 radical (unpaired) electrons. The molecular weight excluding hydrogens is 238 g/mol. The standard InChI is InChI=1S/C11H19N3S2/c1-3-6-12-10(9-4-5-9)7-15-11-14-13-8(2)16-11/h9-10,12H,3-7H2,1-2H3. The zero-order valence-corrected chi connectivity index (χ0v) is 11.5. The van der Waals surface area contributed by atoms with Gasteiger partial charge < -0.3 is 5.32 Å². The first-order valence-electron chi connectivity index (χ1n) is 5.96. The summed E-state index contributed by atoms with van der Waals surface area (Å²) in [6.45, 7) is 5.37. The second-order valence-corrected chi connectivity index (χ2v) is 6.74. The van der Waals surface area contributed by atoms with E-state index < -0.39 is 0 Å². The Morgan fingerprint density at radius 2 is 2.31 bits per heavy atom. The van der Waals surface area contributed by atoms with Crippen LogP contribution < -0.4 is 5.32 Å². The monoisotopic (exact) mass is 257 g/mol. The molecule has 16 heavy (non-hydrogen) atoms. The van der Waals surface area contributed by atoms with E-state index in [0.717, 1.165) is 27.6 Å². The molecule has 1 aliphatic rings. The molecule has 1 unspecified atom stereocenters. The zero-order valence-electron chi connectivity index (χ0n) is 9.90. The molecule has 1 N–H and O–H groups in total. The van der Waals surface area contributed by atoms with Crippen molar-refractivity contribution in [2.45, 2.75) is 43.5 Å². The van der Waals surface area contributed by atoms with E-state index in [-0.39, 0.29) is 0 Å². The molecule has 1 atom stereocenters. The fourth-order valence-electron chi connectivity index (χ4n) is 1.69. The van der Waals surface area contributed by atoms with E-state index in [1.165, 1.54) is 19.3 Å². The SMILES string of the molecule is CCCNC(CSc1nnc(C)s1)C1CC1. The summed E-state index contributed by atoms with van der Waals surface area (Å²) in [6, 6.07) is 0.675. The average Bonchev–Trinajstić information content (AvgIpc) is 3.03. The van der Waals surface area contributed by atoms with Gasteiger partial charge in [0.25, 0.3) is 0 Å². The lowest BCUT2D eigenvalue weighted by Gasteiger charge is -2.16. The minimum Gasteiger partial charge on any atom is -0.313 e. The van der Waals surface area contributed by atoms with Gasteiger partial charge in [-0.15, -0.1) is 10.2 Å². The van der Waals surface area contributed by atoms with Crippen molar-refractivity contribution in [3.05, 3.63) is 5.01 Å². The van der Waals surface area contributed by atoms with Crippen LogP contribution in [0.5, 0.6) is 0 Å². The number of hydrogen-bond donors (Lipinski definition) is 1. The van der Waals surface area contributed by atoms with Crippen molar-refractivity contribution in [3.8, 4) is 0 Å². The first-order chi connectivity index (χ1) is 7.79. The molecule has 2 rings (SSSR count). The van der Waals surface area contributed by atoms with Gasteiger partial charge in [-0.25, -0.2) is 0 Å². The highest BCUT2D eigenvalue weighted by atomic mass is 32.2. The molecule has 1 fully saturated rings. The molecule has 0 saturated heterocycles. The van der Waals surface area contributed by atoms with Gasteiger partial charge in [-0.05, 0) is 38.6 Å². The fourth-order valence-corrected chi connectivity index (χ4v) is 3.72. The largest absolute Gasteiger partial charge is 0.313 e. The molecule has 5 heteroatoms. The topological polar surface area (TPSA) is 37.8 Å². The molecular formula is C11H19N3S2. The summed E-state index contributed by atoms with van der Waals surface area (Å²) in [5.41, 5.74) is 0.